The zero-order chi connectivity index (χ0) is 14.8. The van der Waals surface area contributed by atoms with Crippen molar-refractivity contribution in [2.75, 3.05) is 26.2 Å². The molecule has 1 heterocycles. The second-order valence-electron chi connectivity index (χ2n) is 4.91. The number of likely N-dealkylation sites (N-methyl/N-ethyl adjacent to an activating group) is 1. The normalized spacial score (nSPS) is 22.8. The average Bonchev–Trinajstić information content (AvgIpc) is 2.45. The lowest BCUT2D eigenvalue weighted by Gasteiger charge is -2.35. The van der Waals surface area contributed by atoms with Crippen molar-refractivity contribution in [3.8, 4) is 0 Å². The van der Waals surface area contributed by atoms with E-state index in [1.807, 2.05) is 6.92 Å². The first kappa shape index (κ1) is 15.3. The van der Waals surface area contributed by atoms with Crippen LogP contribution >= 0.6 is 0 Å². The number of hydrogen-bond acceptors (Lipinski definition) is 3. The molecular formula is C14H19F3N2O. The van der Waals surface area contributed by atoms with Crippen LogP contribution in [0, 0.1) is 0 Å². The molecule has 0 bridgehead atoms. The summed E-state index contributed by atoms with van der Waals surface area (Å²) >= 11 is 0. The predicted octanol–water partition coefficient (Wildman–Crippen LogP) is 2.43. The Morgan fingerprint density at radius 2 is 2.10 bits per heavy atom. The topological polar surface area (TPSA) is 38.5 Å². The van der Waals surface area contributed by atoms with Gasteiger partial charge in [0.25, 0.3) is 0 Å². The van der Waals surface area contributed by atoms with Gasteiger partial charge < -0.3 is 10.5 Å². The summed E-state index contributed by atoms with van der Waals surface area (Å²) < 4.78 is 44.6. The van der Waals surface area contributed by atoms with Gasteiger partial charge in [-0.1, -0.05) is 25.1 Å². The number of rotatable bonds is 3. The van der Waals surface area contributed by atoms with E-state index in [1.165, 1.54) is 12.1 Å². The van der Waals surface area contributed by atoms with Gasteiger partial charge in [0.15, 0.2) is 0 Å². The number of alkyl halides is 3. The van der Waals surface area contributed by atoms with Gasteiger partial charge in [0.05, 0.1) is 24.3 Å². The van der Waals surface area contributed by atoms with Crippen LogP contribution < -0.4 is 5.73 Å². The molecule has 6 heteroatoms. The van der Waals surface area contributed by atoms with E-state index in [9.17, 15) is 13.2 Å². The van der Waals surface area contributed by atoms with Gasteiger partial charge in [-0.3, -0.25) is 4.90 Å². The van der Waals surface area contributed by atoms with E-state index in [-0.39, 0.29) is 5.56 Å². The molecule has 2 atom stereocenters. The second-order valence-corrected chi connectivity index (χ2v) is 4.91. The largest absolute Gasteiger partial charge is 0.416 e. The highest BCUT2D eigenvalue weighted by Gasteiger charge is 2.36. The van der Waals surface area contributed by atoms with Gasteiger partial charge in [-0.2, -0.15) is 13.2 Å². The van der Waals surface area contributed by atoms with Crippen molar-refractivity contribution in [2.45, 2.75) is 25.2 Å². The molecule has 2 N–H and O–H groups in total. The lowest BCUT2D eigenvalue weighted by Crippen LogP contribution is -2.47. The Balaban J connectivity index is 2.23. The van der Waals surface area contributed by atoms with Gasteiger partial charge in [0, 0.05) is 13.1 Å². The van der Waals surface area contributed by atoms with E-state index in [0.29, 0.717) is 13.2 Å². The first-order chi connectivity index (χ1) is 9.43. The van der Waals surface area contributed by atoms with E-state index in [4.69, 9.17) is 10.5 Å². The van der Waals surface area contributed by atoms with Gasteiger partial charge in [-0.05, 0) is 18.2 Å². The highest BCUT2D eigenvalue weighted by molar-refractivity contribution is 5.33. The van der Waals surface area contributed by atoms with Gasteiger partial charge in [-0.15, -0.1) is 0 Å². The zero-order valence-corrected chi connectivity index (χ0v) is 11.4. The van der Waals surface area contributed by atoms with Crippen LogP contribution in [0.2, 0.25) is 0 Å². The van der Waals surface area contributed by atoms with Gasteiger partial charge in [0.1, 0.15) is 0 Å². The maximum Gasteiger partial charge on any atom is 0.416 e. The third kappa shape index (κ3) is 3.31. The van der Waals surface area contributed by atoms with Crippen LogP contribution in [0.3, 0.4) is 0 Å². The lowest BCUT2D eigenvalue weighted by molar-refractivity contribution is -0.139. The molecule has 2 unspecified atom stereocenters. The third-order valence-electron chi connectivity index (χ3n) is 3.65. The van der Waals surface area contributed by atoms with Crippen molar-refractivity contribution < 1.29 is 17.9 Å². The molecule has 112 valence electrons. The van der Waals surface area contributed by atoms with Crippen molar-refractivity contribution in [3.05, 3.63) is 35.4 Å². The predicted molar refractivity (Wildman–Crippen MR) is 70.2 cm³/mol. The highest BCUT2D eigenvalue weighted by atomic mass is 19.4. The molecule has 2 rings (SSSR count). The minimum Gasteiger partial charge on any atom is -0.374 e. The van der Waals surface area contributed by atoms with Gasteiger partial charge in [0.2, 0.25) is 0 Å². The smallest absolute Gasteiger partial charge is 0.374 e. The second kappa shape index (κ2) is 6.11. The van der Waals surface area contributed by atoms with E-state index < -0.39 is 23.9 Å². The molecule has 1 aromatic carbocycles. The number of morpholine rings is 1. The summed E-state index contributed by atoms with van der Waals surface area (Å²) in [5.41, 5.74) is 5.46. The summed E-state index contributed by atoms with van der Waals surface area (Å²) in [5.74, 6) is 0. The van der Waals surface area contributed by atoms with E-state index in [2.05, 4.69) is 4.90 Å². The van der Waals surface area contributed by atoms with Crippen molar-refractivity contribution in [1.29, 1.82) is 0 Å². The monoisotopic (exact) mass is 288 g/mol. The molecule has 0 spiro atoms. The maximum atomic E-state index is 13.0. The molecule has 3 nitrogen and oxygen atoms in total. The molecule has 1 aliphatic rings. The third-order valence-corrected chi connectivity index (χ3v) is 3.65. The fourth-order valence-electron chi connectivity index (χ4n) is 2.48. The molecule has 20 heavy (non-hydrogen) atoms. The summed E-state index contributed by atoms with van der Waals surface area (Å²) in [6.45, 7) is 4.70. The average molecular weight is 288 g/mol. The van der Waals surface area contributed by atoms with Crippen molar-refractivity contribution in [2.24, 2.45) is 5.73 Å². The summed E-state index contributed by atoms with van der Waals surface area (Å²) in [5, 5.41) is 0. The van der Waals surface area contributed by atoms with Crippen molar-refractivity contribution in [1.82, 2.24) is 4.90 Å². The Morgan fingerprint density at radius 3 is 2.75 bits per heavy atom. The fraction of sp³-hybridized carbons (Fsp3) is 0.571. The molecule has 0 radical (unpaired) electrons. The van der Waals surface area contributed by atoms with E-state index in [0.717, 1.165) is 19.2 Å². The highest BCUT2D eigenvalue weighted by Crippen LogP contribution is 2.35. The van der Waals surface area contributed by atoms with Crippen LogP contribution in [0.15, 0.2) is 24.3 Å². The molecule has 1 aliphatic heterocycles. The molecule has 0 saturated carbocycles. The fourth-order valence-corrected chi connectivity index (χ4v) is 2.48. The van der Waals surface area contributed by atoms with Crippen LogP contribution in [-0.2, 0) is 10.9 Å². The number of benzene rings is 1. The molecule has 0 aromatic heterocycles. The minimum atomic E-state index is -4.40. The lowest BCUT2D eigenvalue weighted by atomic mass is 9.95. The molecule has 0 aliphatic carbocycles. The number of halogens is 3. The maximum absolute atomic E-state index is 13.0. The van der Waals surface area contributed by atoms with Crippen LogP contribution in [-0.4, -0.2) is 37.2 Å². The Bertz CT molecular complexity index is 450. The Kier molecular flexibility index (Phi) is 4.67. The quantitative estimate of drug-likeness (QED) is 0.928. The van der Waals surface area contributed by atoms with Crippen LogP contribution in [0.25, 0.3) is 0 Å². The van der Waals surface area contributed by atoms with Gasteiger partial charge in [-0.25, -0.2) is 0 Å². The van der Waals surface area contributed by atoms with Crippen LogP contribution in [0.4, 0.5) is 13.2 Å². The number of ether oxygens (including phenoxy) is 1. The number of hydrogen-bond donors (Lipinski definition) is 1. The van der Waals surface area contributed by atoms with E-state index in [1.54, 1.807) is 6.07 Å². The SMILES string of the molecule is CCN1CCOC(C(N)c2ccccc2C(F)(F)F)C1. The summed E-state index contributed by atoms with van der Waals surface area (Å²) in [6.07, 6.45) is -4.81. The minimum absolute atomic E-state index is 0.1000. The Labute approximate surface area is 116 Å². The summed E-state index contributed by atoms with van der Waals surface area (Å²) in [6, 6.07) is 4.67. The Morgan fingerprint density at radius 1 is 1.40 bits per heavy atom. The molecule has 1 fully saturated rings. The van der Waals surface area contributed by atoms with Crippen molar-refractivity contribution in [3.63, 3.8) is 0 Å². The molecule has 0 amide bonds. The molecular weight excluding hydrogens is 269 g/mol. The first-order valence-corrected chi connectivity index (χ1v) is 6.69. The van der Waals surface area contributed by atoms with Crippen LogP contribution in [0.1, 0.15) is 24.1 Å². The standard InChI is InChI=1S/C14H19F3N2O/c1-2-19-7-8-20-12(9-19)13(18)10-5-3-4-6-11(10)14(15,16)17/h3-6,12-13H,2,7-9,18H2,1H3. The summed E-state index contributed by atoms with van der Waals surface area (Å²) in [7, 11) is 0. The molecule has 1 aromatic rings. The van der Waals surface area contributed by atoms with E-state index >= 15 is 0 Å². The number of nitrogens with zero attached hydrogens (tertiary/aromatic N) is 1. The summed E-state index contributed by atoms with van der Waals surface area (Å²) in [4.78, 5) is 2.13. The zero-order valence-electron chi connectivity index (χ0n) is 11.4. The number of nitrogens with two attached hydrogens (primary N) is 1. The Hall–Kier alpha value is -1.11. The van der Waals surface area contributed by atoms with Gasteiger partial charge >= 0.3 is 6.18 Å². The molecule has 1 saturated heterocycles. The first-order valence-electron chi connectivity index (χ1n) is 6.69. The van der Waals surface area contributed by atoms with Crippen molar-refractivity contribution >= 4 is 0 Å². The van der Waals surface area contributed by atoms with Crippen LogP contribution in [0.5, 0.6) is 0 Å².